The van der Waals surface area contributed by atoms with E-state index in [1.165, 1.54) is 11.8 Å². The van der Waals surface area contributed by atoms with Crippen LogP contribution in [0.5, 0.6) is 0 Å². The summed E-state index contributed by atoms with van der Waals surface area (Å²) in [5, 5.41) is 5.73. The van der Waals surface area contributed by atoms with Crippen LogP contribution in [0.25, 0.3) is 0 Å². The lowest BCUT2D eigenvalue weighted by atomic mass is 9.90. The van der Waals surface area contributed by atoms with E-state index in [0.29, 0.717) is 17.8 Å². The van der Waals surface area contributed by atoms with Gasteiger partial charge in [0, 0.05) is 18.8 Å². The lowest BCUT2D eigenvalue weighted by Gasteiger charge is -2.37. The number of thioether (sulfide) groups is 1. The molecule has 2 atom stereocenters. The number of amides is 1. The molecule has 33 heavy (non-hydrogen) atoms. The molecule has 0 aromatic heterocycles. The van der Waals surface area contributed by atoms with E-state index in [9.17, 15) is 9.59 Å². The average Bonchev–Trinajstić information content (AvgIpc) is 3.43. The quantitative estimate of drug-likeness (QED) is 0.605. The maximum atomic E-state index is 13.1. The van der Waals surface area contributed by atoms with Gasteiger partial charge < -0.3 is 19.7 Å². The lowest BCUT2D eigenvalue weighted by Crippen LogP contribution is -2.39. The van der Waals surface area contributed by atoms with Gasteiger partial charge in [-0.15, -0.1) is 0 Å². The fraction of sp³-hybridized carbons (Fsp3) is 0.480. The van der Waals surface area contributed by atoms with E-state index in [2.05, 4.69) is 23.5 Å². The first kappa shape index (κ1) is 23.6. The van der Waals surface area contributed by atoms with Gasteiger partial charge in [0.25, 0.3) is 0 Å². The smallest absolute Gasteiger partial charge is 0.338 e. The van der Waals surface area contributed by atoms with E-state index in [4.69, 9.17) is 14.5 Å². The number of rotatable bonds is 7. The molecule has 3 aliphatic rings. The first-order valence-electron chi connectivity index (χ1n) is 11.5. The Bertz CT molecular complexity index is 1040. The van der Waals surface area contributed by atoms with E-state index in [1.54, 1.807) is 6.92 Å². The number of aliphatic imine (C=N–C) groups is 1. The first-order chi connectivity index (χ1) is 15.9. The molecule has 1 aromatic rings. The summed E-state index contributed by atoms with van der Waals surface area (Å²) in [6.07, 6.45) is 2.31. The van der Waals surface area contributed by atoms with Crippen molar-refractivity contribution in [1.29, 1.82) is 0 Å². The van der Waals surface area contributed by atoms with Crippen LogP contribution in [-0.2, 0) is 19.1 Å². The molecule has 3 aliphatic heterocycles. The average molecular weight is 470 g/mol. The van der Waals surface area contributed by atoms with Gasteiger partial charge in [0.15, 0.2) is 5.17 Å². The molecule has 1 N–H and O–H groups in total. The third kappa shape index (κ3) is 5.01. The number of benzene rings is 1. The Morgan fingerprint density at radius 2 is 2.12 bits per heavy atom. The van der Waals surface area contributed by atoms with E-state index in [1.807, 2.05) is 31.1 Å². The Kier molecular flexibility index (Phi) is 7.24. The molecule has 1 fully saturated rings. The van der Waals surface area contributed by atoms with Crippen LogP contribution in [0.2, 0.25) is 0 Å². The topological polar surface area (TPSA) is 80.2 Å². The van der Waals surface area contributed by atoms with Crippen LogP contribution in [-0.4, -0.2) is 47.8 Å². The number of allylic oxidation sites excluding steroid dienone is 1. The normalized spacial score (nSPS) is 22.1. The molecular formula is C25H31N3O4S. The number of hydrogen-bond donors (Lipinski definition) is 1. The van der Waals surface area contributed by atoms with Crippen molar-refractivity contribution in [2.75, 3.05) is 19.8 Å². The second-order valence-corrected chi connectivity index (χ2v) is 9.43. The van der Waals surface area contributed by atoms with Crippen molar-refractivity contribution in [2.45, 2.75) is 59.1 Å². The van der Waals surface area contributed by atoms with Crippen LogP contribution in [0.4, 0.5) is 0 Å². The van der Waals surface area contributed by atoms with Gasteiger partial charge >= 0.3 is 5.97 Å². The van der Waals surface area contributed by atoms with Gasteiger partial charge in [0.05, 0.1) is 36.4 Å². The summed E-state index contributed by atoms with van der Waals surface area (Å²) >= 11 is 1.48. The van der Waals surface area contributed by atoms with Crippen molar-refractivity contribution in [1.82, 2.24) is 10.2 Å². The number of amidine groups is 1. The summed E-state index contributed by atoms with van der Waals surface area (Å²) in [6, 6.07) is 5.83. The Labute approximate surface area is 199 Å². The van der Waals surface area contributed by atoms with Crippen molar-refractivity contribution in [3.05, 3.63) is 57.3 Å². The molecule has 0 spiro atoms. The predicted octanol–water partition coefficient (Wildman–Crippen LogP) is 4.13. The minimum Gasteiger partial charge on any atom is -0.463 e. The number of hydrogen-bond acceptors (Lipinski definition) is 7. The van der Waals surface area contributed by atoms with E-state index in [0.717, 1.165) is 47.0 Å². The van der Waals surface area contributed by atoms with Gasteiger partial charge in [-0.2, -0.15) is 0 Å². The summed E-state index contributed by atoms with van der Waals surface area (Å²) in [7, 11) is 0. The van der Waals surface area contributed by atoms with Gasteiger partial charge in [-0.3, -0.25) is 4.79 Å². The molecule has 176 valence electrons. The van der Waals surface area contributed by atoms with E-state index >= 15 is 0 Å². The fourth-order valence-electron chi connectivity index (χ4n) is 4.45. The second-order valence-electron chi connectivity index (χ2n) is 8.59. The molecule has 0 radical (unpaired) electrons. The van der Waals surface area contributed by atoms with Crippen molar-refractivity contribution < 1.29 is 19.1 Å². The summed E-state index contributed by atoms with van der Waals surface area (Å²) in [6.45, 7) is 9.29. The minimum atomic E-state index is -0.399. The zero-order valence-corrected chi connectivity index (χ0v) is 20.5. The maximum Gasteiger partial charge on any atom is 0.338 e. The number of carbonyl (C=O) groups excluding carboxylic acids is 2. The molecular weight excluding hydrogens is 438 g/mol. The highest BCUT2D eigenvalue weighted by Crippen LogP contribution is 2.45. The fourth-order valence-corrected chi connectivity index (χ4v) is 5.41. The summed E-state index contributed by atoms with van der Waals surface area (Å²) in [4.78, 5) is 32.6. The Morgan fingerprint density at radius 3 is 2.85 bits per heavy atom. The molecule has 1 amide bonds. The highest BCUT2D eigenvalue weighted by Gasteiger charge is 2.41. The molecule has 4 rings (SSSR count). The maximum absolute atomic E-state index is 13.1. The predicted molar refractivity (Wildman–Crippen MR) is 130 cm³/mol. The second kappa shape index (κ2) is 10.1. The molecule has 0 bridgehead atoms. The van der Waals surface area contributed by atoms with Gasteiger partial charge in [-0.1, -0.05) is 35.5 Å². The van der Waals surface area contributed by atoms with Crippen molar-refractivity contribution in [3.8, 4) is 0 Å². The number of carbonyl (C=O) groups is 2. The Morgan fingerprint density at radius 1 is 1.30 bits per heavy atom. The lowest BCUT2D eigenvalue weighted by molar-refractivity contribution is -0.139. The monoisotopic (exact) mass is 469 g/mol. The molecule has 3 heterocycles. The number of nitrogens with zero attached hydrogens (tertiary/aromatic N) is 2. The largest absolute Gasteiger partial charge is 0.463 e. The van der Waals surface area contributed by atoms with Gasteiger partial charge in [-0.25, -0.2) is 9.79 Å². The molecule has 0 saturated carbocycles. The summed E-state index contributed by atoms with van der Waals surface area (Å²) in [5.74, 6) is -0.440. The SMILES string of the molecule is CCOC(=O)C1=C(C)N=C2SC=C(CC(=O)NC[C@@H]3CCCO3)N2[C@@H]1c1cc(C)ccc1C. The van der Waals surface area contributed by atoms with Crippen LogP contribution in [0.15, 0.2) is 45.6 Å². The van der Waals surface area contributed by atoms with Crippen molar-refractivity contribution >= 4 is 28.8 Å². The molecule has 7 nitrogen and oxygen atoms in total. The number of fused-ring (bicyclic) bond motifs is 1. The van der Waals surface area contributed by atoms with Gasteiger partial charge in [0.1, 0.15) is 0 Å². The summed E-state index contributed by atoms with van der Waals surface area (Å²) < 4.78 is 11.0. The number of aryl methyl sites for hydroxylation is 2. The van der Waals surface area contributed by atoms with Crippen LogP contribution < -0.4 is 5.32 Å². The van der Waals surface area contributed by atoms with Crippen LogP contribution in [0.3, 0.4) is 0 Å². The zero-order chi connectivity index (χ0) is 23.5. The highest BCUT2D eigenvalue weighted by atomic mass is 32.2. The van der Waals surface area contributed by atoms with Crippen LogP contribution in [0.1, 0.15) is 55.8 Å². The molecule has 1 saturated heterocycles. The third-order valence-corrected chi connectivity index (χ3v) is 7.01. The number of esters is 1. The molecule has 0 aliphatic carbocycles. The standard InChI is InChI=1S/C25H31N3O4S/c1-5-31-24(30)22-17(4)27-25-28(23(22)20-11-15(2)8-9-16(20)3)18(14-33-25)12-21(29)26-13-19-7-6-10-32-19/h8-9,11,14,19,23H,5-7,10,12-13H2,1-4H3,(H,26,29)/t19-,23+/m0/s1. The van der Waals surface area contributed by atoms with Gasteiger partial charge in [0.2, 0.25) is 5.91 Å². The van der Waals surface area contributed by atoms with Crippen LogP contribution in [0, 0.1) is 13.8 Å². The Balaban J connectivity index is 1.64. The third-order valence-electron chi connectivity index (χ3n) is 6.12. The van der Waals surface area contributed by atoms with Crippen molar-refractivity contribution in [2.24, 2.45) is 4.99 Å². The number of nitrogens with one attached hydrogen (secondary N) is 1. The summed E-state index contributed by atoms with van der Waals surface area (Å²) in [5.41, 5.74) is 5.17. The van der Waals surface area contributed by atoms with E-state index < -0.39 is 6.04 Å². The molecule has 0 unspecified atom stereocenters. The molecule has 8 heteroatoms. The zero-order valence-electron chi connectivity index (χ0n) is 19.6. The van der Waals surface area contributed by atoms with Gasteiger partial charge in [-0.05, 0) is 57.1 Å². The Hall–Kier alpha value is -2.58. The number of ether oxygens (including phenoxy) is 2. The highest BCUT2D eigenvalue weighted by molar-refractivity contribution is 8.16. The van der Waals surface area contributed by atoms with Crippen LogP contribution >= 0.6 is 11.8 Å². The van der Waals surface area contributed by atoms with E-state index in [-0.39, 0.29) is 31.0 Å². The minimum absolute atomic E-state index is 0.0673. The van der Waals surface area contributed by atoms with Crippen molar-refractivity contribution in [3.63, 3.8) is 0 Å². The first-order valence-corrected chi connectivity index (χ1v) is 12.3. The molecule has 1 aromatic carbocycles.